The summed E-state index contributed by atoms with van der Waals surface area (Å²) >= 11 is 0. The summed E-state index contributed by atoms with van der Waals surface area (Å²) < 4.78 is 2.25. The molecular weight excluding hydrogens is 486 g/mol. The monoisotopic (exact) mass is 523 g/mol. The zero-order valence-corrected chi connectivity index (χ0v) is 23.6. The second-order valence-electron chi connectivity index (χ2n) is 11.0. The van der Waals surface area contributed by atoms with Crippen LogP contribution in [0.1, 0.15) is 74.0 Å². The molecule has 5 rings (SSSR count). The normalized spacial score (nSPS) is 15.2. The summed E-state index contributed by atoms with van der Waals surface area (Å²) in [5.41, 5.74) is 5.29. The molecule has 0 spiro atoms. The minimum atomic E-state index is -0.719. The molecule has 0 saturated carbocycles. The van der Waals surface area contributed by atoms with E-state index in [1.54, 1.807) is 0 Å². The first-order chi connectivity index (χ1) is 18.7. The number of hydrogen-bond acceptors (Lipinski definition) is 5. The van der Waals surface area contributed by atoms with E-state index in [1.165, 1.54) is 6.42 Å². The number of carbonyl (C=O) groups excluding carboxylic acids is 2. The molecule has 6 nitrogen and oxygen atoms in total. The van der Waals surface area contributed by atoms with Gasteiger partial charge in [-0.05, 0) is 102 Å². The first kappa shape index (κ1) is 26.8. The maximum atomic E-state index is 13.4. The van der Waals surface area contributed by atoms with Gasteiger partial charge in [0.2, 0.25) is 0 Å². The van der Waals surface area contributed by atoms with E-state index in [9.17, 15) is 9.59 Å². The molecule has 1 fully saturated rings. The van der Waals surface area contributed by atoms with Gasteiger partial charge in [0.25, 0.3) is 0 Å². The van der Waals surface area contributed by atoms with E-state index in [0.29, 0.717) is 16.8 Å². The fourth-order valence-electron chi connectivity index (χ4n) is 5.65. The summed E-state index contributed by atoms with van der Waals surface area (Å²) in [4.78, 5) is 34.0. The third kappa shape index (κ3) is 5.01. The molecule has 0 amide bonds. The zero-order chi connectivity index (χ0) is 27.7. The maximum absolute atomic E-state index is 13.4. The Morgan fingerprint density at radius 3 is 2.15 bits per heavy atom. The van der Waals surface area contributed by atoms with Crippen LogP contribution in [0.2, 0.25) is 0 Å². The highest BCUT2D eigenvalue weighted by atomic mass is 16.7. The highest BCUT2D eigenvalue weighted by Crippen LogP contribution is 2.32. The molecule has 1 saturated heterocycles. The molecule has 0 radical (unpaired) electrons. The van der Waals surface area contributed by atoms with E-state index in [1.807, 2.05) is 76.2 Å². The van der Waals surface area contributed by atoms with E-state index in [4.69, 9.17) is 4.84 Å². The van der Waals surface area contributed by atoms with Gasteiger partial charge in [-0.2, -0.15) is 0 Å². The van der Waals surface area contributed by atoms with Crippen molar-refractivity contribution in [2.75, 3.05) is 13.1 Å². The van der Waals surface area contributed by atoms with Gasteiger partial charge < -0.3 is 9.40 Å². The van der Waals surface area contributed by atoms with Crippen LogP contribution in [-0.4, -0.2) is 45.6 Å². The molecule has 3 aromatic carbocycles. The number of rotatable bonds is 7. The van der Waals surface area contributed by atoms with Crippen LogP contribution in [0.4, 0.5) is 0 Å². The first-order valence-corrected chi connectivity index (χ1v) is 13.9. The van der Waals surface area contributed by atoms with E-state index < -0.39 is 5.54 Å². The number of likely N-dealkylation sites (tertiary alicyclic amines) is 1. The summed E-state index contributed by atoms with van der Waals surface area (Å²) in [6, 6.07) is 19.8. The van der Waals surface area contributed by atoms with Gasteiger partial charge in [0.1, 0.15) is 5.54 Å². The Kier molecular flexibility index (Phi) is 7.41. The fourth-order valence-corrected chi connectivity index (χ4v) is 5.65. The van der Waals surface area contributed by atoms with Gasteiger partial charge in [-0.15, -0.1) is 0 Å². The summed E-state index contributed by atoms with van der Waals surface area (Å²) in [5, 5.41) is 6.30. The Bertz CT molecular complexity index is 1590. The first-order valence-electron chi connectivity index (χ1n) is 13.9. The largest absolute Gasteiger partial charge is 0.354 e. The fraction of sp³-hybridized carbons (Fsp3) is 0.364. The van der Waals surface area contributed by atoms with Crippen LogP contribution in [0.25, 0.3) is 21.8 Å². The quantitative estimate of drug-likeness (QED) is 0.115. The molecule has 6 heteroatoms. The van der Waals surface area contributed by atoms with E-state index in [0.717, 1.165) is 65.4 Å². The van der Waals surface area contributed by atoms with Gasteiger partial charge >= 0.3 is 5.97 Å². The lowest BCUT2D eigenvalue weighted by atomic mass is 9.97. The van der Waals surface area contributed by atoms with Crippen molar-refractivity contribution in [1.82, 2.24) is 9.47 Å². The van der Waals surface area contributed by atoms with E-state index >= 15 is 0 Å². The van der Waals surface area contributed by atoms with Crippen molar-refractivity contribution in [3.63, 3.8) is 0 Å². The van der Waals surface area contributed by atoms with Gasteiger partial charge in [0.15, 0.2) is 5.78 Å². The van der Waals surface area contributed by atoms with Gasteiger partial charge in [-0.1, -0.05) is 41.9 Å². The minimum absolute atomic E-state index is 0.0181. The Hall–Kier alpha value is -3.77. The Labute approximate surface area is 230 Å². The van der Waals surface area contributed by atoms with Crippen LogP contribution in [0.5, 0.6) is 0 Å². The molecule has 4 aromatic rings. The summed E-state index contributed by atoms with van der Waals surface area (Å²) in [6.07, 6.45) is 3.41. The molecular formula is C33H37N3O3. The van der Waals surface area contributed by atoms with Crippen LogP contribution in [0.15, 0.2) is 65.8 Å². The van der Waals surface area contributed by atoms with Crippen molar-refractivity contribution >= 4 is 39.3 Å². The third-order valence-corrected chi connectivity index (χ3v) is 8.16. The minimum Gasteiger partial charge on any atom is -0.341 e. The number of oxime groups is 1. The Morgan fingerprint density at radius 1 is 0.897 bits per heavy atom. The highest BCUT2D eigenvalue weighted by molar-refractivity contribution is 6.16. The lowest BCUT2D eigenvalue weighted by molar-refractivity contribution is -0.157. The van der Waals surface area contributed by atoms with Crippen molar-refractivity contribution in [1.29, 1.82) is 0 Å². The molecule has 0 bridgehead atoms. The molecule has 39 heavy (non-hydrogen) atoms. The lowest BCUT2D eigenvalue weighted by Gasteiger charge is -2.38. The van der Waals surface area contributed by atoms with Crippen LogP contribution in [-0.2, 0) is 16.2 Å². The second-order valence-corrected chi connectivity index (χ2v) is 11.0. The van der Waals surface area contributed by atoms with E-state index in [2.05, 4.69) is 33.7 Å². The molecule has 0 unspecified atom stereocenters. The Morgan fingerprint density at radius 2 is 1.51 bits per heavy atom. The summed E-state index contributed by atoms with van der Waals surface area (Å²) in [7, 11) is 0. The SMILES string of the molecule is CCn1c2ccc(C(=O)c3ccccc3C)cc2c2cc(/C(C)=N/OC(=O)C(C)(C)N3CCCCC3)ccc21. The smallest absolute Gasteiger partial charge is 0.341 e. The van der Waals surface area contributed by atoms with Crippen molar-refractivity contribution < 1.29 is 14.4 Å². The van der Waals surface area contributed by atoms with Crippen LogP contribution >= 0.6 is 0 Å². The predicted molar refractivity (Wildman–Crippen MR) is 158 cm³/mol. The van der Waals surface area contributed by atoms with Gasteiger partial charge in [0, 0.05) is 39.5 Å². The summed E-state index contributed by atoms with van der Waals surface area (Å²) in [5.74, 6) is -0.323. The number of aryl methyl sites for hydroxylation is 2. The topological polar surface area (TPSA) is 63.9 Å². The van der Waals surface area contributed by atoms with Crippen LogP contribution in [0.3, 0.4) is 0 Å². The lowest BCUT2D eigenvalue weighted by Crippen LogP contribution is -2.52. The number of benzene rings is 3. The molecule has 0 N–H and O–H groups in total. The standard InChI is InChI=1S/C33H37N3O3/c1-6-36-29-16-14-24(23(3)34-39-32(38)33(4,5)35-18-10-7-11-19-35)20-27(29)28-21-25(15-17-30(28)36)31(37)26-13-9-8-12-22(26)2/h8-9,12-17,20-21H,6-7,10-11,18-19H2,1-5H3/b34-23+. The molecule has 1 aromatic heterocycles. The number of hydrogen-bond donors (Lipinski definition) is 0. The van der Waals surface area contributed by atoms with Crippen molar-refractivity contribution in [2.45, 2.75) is 66.0 Å². The predicted octanol–water partition coefficient (Wildman–Crippen LogP) is 6.89. The molecule has 202 valence electrons. The zero-order valence-electron chi connectivity index (χ0n) is 23.6. The molecule has 1 aliphatic heterocycles. The number of aromatic nitrogens is 1. The Balaban J connectivity index is 1.48. The molecule has 1 aliphatic rings. The number of piperidine rings is 1. The van der Waals surface area contributed by atoms with Gasteiger partial charge in [0.05, 0.1) is 5.71 Å². The van der Waals surface area contributed by atoms with E-state index in [-0.39, 0.29) is 11.8 Å². The third-order valence-electron chi connectivity index (χ3n) is 8.16. The average Bonchev–Trinajstić information content (AvgIpc) is 3.28. The van der Waals surface area contributed by atoms with Crippen molar-refractivity contribution in [3.05, 3.63) is 82.9 Å². The van der Waals surface area contributed by atoms with Crippen molar-refractivity contribution in [2.24, 2.45) is 5.16 Å². The number of carbonyl (C=O) groups is 2. The van der Waals surface area contributed by atoms with Gasteiger partial charge in [-0.25, -0.2) is 4.79 Å². The second kappa shape index (κ2) is 10.8. The molecule has 0 aliphatic carbocycles. The number of ketones is 1. The van der Waals surface area contributed by atoms with Crippen LogP contribution in [0, 0.1) is 6.92 Å². The molecule has 0 atom stereocenters. The molecule has 2 heterocycles. The summed E-state index contributed by atoms with van der Waals surface area (Å²) in [6.45, 7) is 12.4. The number of fused-ring (bicyclic) bond motifs is 3. The number of nitrogens with zero attached hydrogens (tertiary/aromatic N) is 3. The van der Waals surface area contributed by atoms with Gasteiger partial charge in [-0.3, -0.25) is 9.69 Å². The maximum Gasteiger partial charge on any atom is 0.354 e. The van der Waals surface area contributed by atoms with Crippen molar-refractivity contribution in [3.8, 4) is 0 Å². The van der Waals surface area contributed by atoms with Crippen LogP contribution < -0.4 is 0 Å². The average molecular weight is 524 g/mol. The highest BCUT2D eigenvalue weighted by Gasteiger charge is 2.37.